The van der Waals surface area contributed by atoms with E-state index in [1.807, 2.05) is 0 Å². The molecule has 0 amide bonds. The molecule has 0 radical (unpaired) electrons. The number of ether oxygens (including phenoxy) is 1. The van der Waals surface area contributed by atoms with Crippen LogP contribution in [0.15, 0.2) is 74.1 Å². The summed E-state index contributed by atoms with van der Waals surface area (Å²) in [4.78, 5) is 14.1. The maximum atomic E-state index is 16.1. The molecule has 9 rings (SSSR count). The van der Waals surface area contributed by atoms with Gasteiger partial charge in [-0.25, -0.2) is 97.8 Å². The van der Waals surface area contributed by atoms with Gasteiger partial charge in [-0.1, -0.05) is 0 Å². The highest BCUT2D eigenvalue weighted by atomic mass is 19.2. The molecule has 25 heteroatoms. The molecule has 5 heterocycles. The molecule has 0 unspecified atom stereocenters. The van der Waals surface area contributed by atoms with Gasteiger partial charge < -0.3 is 9.72 Å². The first-order valence-electron chi connectivity index (χ1n) is 19.5. The average molecular weight is 1020 g/mol. The van der Waals surface area contributed by atoms with Gasteiger partial charge in [0.2, 0.25) is 29.2 Å². The summed E-state index contributed by atoms with van der Waals surface area (Å²) in [5.41, 5.74) is -18.7. The fourth-order valence-corrected chi connectivity index (χ4v) is 8.00. The molecule has 4 aromatic carbocycles. The van der Waals surface area contributed by atoms with Gasteiger partial charge in [-0.05, 0) is 42.9 Å². The lowest BCUT2D eigenvalue weighted by Gasteiger charge is -2.17. The first-order chi connectivity index (χ1) is 33.5. The van der Waals surface area contributed by atoms with Crippen LogP contribution in [0, 0.1) is 116 Å². The number of benzene rings is 4. The van der Waals surface area contributed by atoms with Gasteiger partial charge in [-0.15, -0.1) is 0 Å². The normalized spacial score (nSPS) is 15.6. The number of aromatic nitrogens is 1. The van der Waals surface area contributed by atoms with Gasteiger partial charge in [0.25, 0.3) is 0 Å². The van der Waals surface area contributed by atoms with E-state index in [2.05, 4.69) is 20.0 Å². The standard InChI is InChI=1S/C46H14F20N4O/c1-2-71-46-11-8-17(70-46)21(25-32(53)40(61)45(66)41(62)33(25)54)16-7-10(9-67-16)18(22-26(47)34(55)42(63)35(56)27(22)48)12-3-5-14(68-12)20(24-30(51)38(59)44(65)39(60)31(24)52)15-6-4-13(69-15)19(11)23-28(49)36(57)43(64)37(58)29(23)50/h3-6,8-9,69H,2,7H2,1H3. The van der Waals surface area contributed by atoms with Crippen LogP contribution in [0.25, 0.3) is 22.3 Å². The van der Waals surface area contributed by atoms with Crippen LogP contribution in [0.4, 0.5) is 87.8 Å². The molecule has 0 fully saturated rings. The second kappa shape index (κ2) is 17.2. The minimum absolute atomic E-state index is 0.450. The van der Waals surface area contributed by atoms with Gasteiger partial charge in [-0.3, -0.25) is 4.99 Å². The van der Waals surface area contributed by atoms with Crippen LogP contribution in [0.5, 0.6) is 0 Å². The fraction of sp³-hybridized carbons (Fsp3) is 0.0652. The summed E-state index contributed by atoms with van der Waals surface area (Å²) in [6, 6.07) is 1.25. The topological polar surface area (TPSA) is 62.1 Å². The van der Waals surface area contributed by atoms with Gasteiger partial charge in [0.1, 0.15) is 0 Å². The highest BCUT2D eigenvalue weighted by Crippen LogP contribution is 2.45. The van der Waals surface area contributed by atoms with Gasteiger partial charge in [0.05, 0.1) is 51.7 Å². The van der Waals surface area contributed by atoms with Crippen LogP contribution in [0.2, 0.25) is 0 Å². The zero-order valence-corrected chi connectivity index (χ0v) is 34.2. The third-order valence-electron chi connectivity index (χ3n) is 11.1. The summed E-state index contributed by atoms with van der Waals surface area (Å²) in [6.07, 6.45) is 0.887. The van der Waals surface area contributed by atoms with Crippen molar-refractivity contribution in [3.05, 3.63) is 208 Å². The molecule has 0 aliphatic carbocycles. The average Bonchev–Trinajstić information content (AvgIpc) is 4.21. The van der Waals surface area contributed by atoms with Crippen LogP contribution in [-0.2, 0) is 4.74 Å². The molecule has 5 nitrogen and oxygen atoms in total. The lowest BCUT2D eigenvalue weighted by Crippen LogP contribution is -2.24. The molecular formula is C46H14F20N4O. The van der Waals surface area contributed by atoms with Crippen LogP contribution in [0.1, 0.15) is 35.6 Å². The first kappa shape index (κ1) is 48.1. The van der Waals surface area contributed by atoms with E-state index in [0.717, 1.165) is 0 Å². The molecule has 0 saturated heterocycles. The van der Waals surface area contributed by atoms with E-state index >= 15 is 70.2 Å². The van der Waals surface area contributed by atoms with Gasteiger partial charge in [0, 0.05) is 51.2 Å². The molecule has 1 N–H and O–H groups in total. The maximum Gasteiger partial charge on any atom is 0.222 e. The van der Waals surface area contributed by atoms with Gasteiger partial charge in [-0.2, -0.15) is 0 Å². The predicted molar refractivity (Wildman–Crippen MR) is 208 cm³/mol. The van der Waals surface area contributed by atoms with E-state index in [0.29, 0.717) is 36.6 Å². The molecule has 0 atom stereocenters. The van der Waals surface area contributed by atoms with E-state index in [1.165, 1.54) is 6.92 Å². The number of nitrogens with zero attached hydrogens (tertiary/aromatic N) is 3. The molecule has 364 valence electrons. The Morgan fingerprint density at radius 2 is 0.817 bits per heavy atom. The van der Waals surface area contributed by atoms with Crippen molar-refractivity contribution < 1.29 is 92.5 Å². The largest absolute Gasteiger partial charge is 0.478 e. The molecule has 4 aliphatic heterocycles. The van der Waals surface area contributed by atoms with Crippen molar-refractivity contribution in [2.45, 2.75) is 13.3 Å². The Kier molecular flexibility index (Phi) is 11.6. The second-order valence-electron chi connectivity index (χ2n) is 15.0. The van der Waals surface area contributed by atoms with E-state index < -0.39 is 224 Å². The van der Waals surface area contributed by atoms with Crippen molar-refractivity contribution in [1.29, 1.82) is 0 Å². The number of allylic oxidation sites excluding steroid dienone is 6. The number of H-pyrrole nitrogens is 1. The zero-order valence-electron chi connectivity index (χ0n) is 34.2. The highest BCUT2D eigenvalue weighted by molar-refractivity contribution is 6.31. The molecule has 8 bridgehead atoms. The number of aromatic amines is 1. The van der Waals surface area contributed by atoms with Crippen molar-refractivity contribution in [1.82, 2.24) is 4.98 Å². The molecule has 0 saturated carbocycles. The molecule has 5 aromatic rings. The van der Waals surface area contributed by atoms with Crippen molar-refractivity contribution in [3.63, 3.8) is 0 Å². The summed E-state index contributed by atoms with van der Waals surface area (Å²) in [6.45, 7) is 0.602. The number of aliphatic imine (C=N–C) groups is 3. The summed E-state index contributed by atoms with van der Waals surface area (Å²) < 4.78 is 311. The molecule has 0 spiro atoms. The number of hydrogen-bond acceptors (Lipinski definition) is 4. The lowest BCUT2D eigenvalue weighted by atomic mass is 9.88. The molecule has 1 aromatic heterocycles. The van der Waals surface area contributed by atoms with Crippen molar-refractivity contribution in [2.24, 2.45) is 15.0 Å². The zero-order chi connectivity index (χ0) is 51.6. The van der Waals surface area contributed by atoms with Crippen molar-refractivity contribution in [3.8, 4) is 0 Å². The van der Waals surface area contributed by atoms with E-state index in [1.54, 1.807) is 0 Å². The second-order valence-corrected chi connectivity index (χ2v) is 15.0. The smallest absolute Gasteiger partial charge is 0.222 e. The van der Waals surface area contributed by atoms with E-state index in [4.69, 9.17) is 4.74 Å². The summed E-state index contributed by atoms with van der Waals surface area (Å²) in [5.74, 6) is -54.0. The third-order valence-corrected chi connectivity index (χ3v) is 11.1. The first-order valence-corrected chi connectivity index (χ1v) is 19.5. The number of halogens is 20. The third kappa shape index (κ3) is 7.05. The monoisotopic (exact) mass is 1020 g/mol. The number of fused-ring (bicyclic) bond motifs is 6. The minimum Gasteiger partial charge on any atom is -0.478 e. The fourth-order valence-electron chi connectivity index (χ4n) is 8.00. The van der Waals surface area contributed by atoms with Gasteiger partial charge in [0.15, 0.2) is 93.1 Å². The predicted octanol–water partition coefficient (Wildman–Crippen LogP) is 11.1. The maximum absolute atomic E-state index is 16.1. The number of nitrogens with one attached hydrogen (secondary N) is 1. The van der Waals surface area contributed by atoms with E-state index in [-0.39, 0.29) is 0 Å². The quantitative estimate of drug-likeness (QED) is 0.106. The Labute approximate surface area is 380 Å². The van der Waals surface area contributed by atoms with E-state index in [9.17, 15) is 17.6 Å². The minimum atomic E-state index is -2.73. The van der Waals surface area contributed by atoms with Crippen LogP contribution < -0.4 is 10.7 Å². The lowest BCUT2D eigenvalue weighted by molar-refractivity contribution is 0.329. The van der Waals surface area contributed by atoms with Crippen LogP contribution >= 0.6 is 0 Å². The molecule has 71 heavy (non-hydrogen) atoms. The number of hydrogen-bond donors (Lipinski definition) is 1. The van der Waals surface area contributed by atoms with Crippen molar-refractivity contribution in [2.75, 3.05) is 6.61 Å². The van der Waals surface area contributed by atoms with Crippen molar-refractivity contribution >= 4 is 39.6 Å². The summed E-state index contributed by atoms with van der Waals surface area (Å²) in [7, 11) is 0. The van der Waals surface area contributed by atoms with Gasteiger partial charge >= 0.3 is 0 Å². The summed E-state index contributed by atoms with van der Waals surface area (Å²) >= 11 is 0. The Bertz CT molecular complexity index is 3630. The van der Waals surface area contributed by atoms with Crippen LogP contribution in [-0.4, -0.2) is 28.9 Å². The summed E-state index contributed by atoms with van der Waals surface area (Å²) in [5, 5.41) is -1.94. The Morgan fingerprint density at radius 1 is 0.437 bits per heavy atom. The molecular weight excluding hydrogens is 1000 g/mol. The SMILES string of the molecule is CCOC1=NC2=C(c3c(F)c(F)c(F)c(F)c3F)C3=NC=C(C3)C(c3c(F)c(F)c(F)c(F)c3F)=C3C=CC(=N3)C(c3c(F)c(F)c(F)c(F)c3F)=c3ccc([nH]3)=C(c3c(F)c(F)c(F)c(F)c3F)C1=C2. The Morgan fingerprint density at radius 3 is 1.25 bits per heavy atom. The Balaban J connectivity index is 1.55. The highest BCUT2D eigenvalue weighted by Gasteiger charge is 2.40. The number of rotatable bonds is 5. The van der Waals surface area contributed by atoms with Crippen LogP contribution in [0.3, 0.4) is 0 Å². The molecule has 4 aliphatic rings. The Hall–Kier alpha value is -7.99.